The molecule has 3 aromatic rings. The Balaban J connectivity index is 1.37. The van der Waals surface area contributed by atoms with Crippen LogP contribution in [0.15, 0.2) is 36.7 Å². The number of rotatable bonds is 3. The summed E-state index contributed by atoms with van der Waals surface area (Å²) in [5.41, 5.74) is 1.84. The molecule has 0 radical (unpaired) electrons. The molecular formula is C23H24F3N5O. The Morgan fingerprint density at radius 2 is 1.88 bits per heavy atom. The molecule has 6 rings (SSSR count). The van der Waals surface area contributed by atoms with Gasteiger partial charge in [-0.2, -0.15) is 13.2 Å². The summed E-state index contributed by atoms with van der Waals surface area (Å²) >= 11 is 0. The number of likely N-dealkylation sites (tertiary alicyclic amines) is 1. The first-order chi connectivity index (χ1) is 15.5. The number of hydrogen-bond acceptors (Lipinski definition) is 5. The summed E-state index contributed by atoms with van der Waals surface area (Å²) in [6.07, 6.45) is -1.18. The molecule has 168 valence electrons. The number of halogens is 3. The lowest BCUT2D eigenvalue weighted by Crippen LogP contribution is -2.44. The fraction of sp³-hybridized carbons (Fsp3) is 0.478. The molecule has 9 heteroatoms. The van der Waals surface area contributed by atoms with Gasteiger partial charge in [0.05, 0.1) is 24.6 Å². The van der Waals surface area contributed by atoms with Gasteiger partial charge in [-0.05, 0) is 30.0 Å². The van der Waals surface area contributed by atoms with Crippen LogP contribution in [0.5, 0.6) is 0 Å². The molecular weight excluding hydrogens is 419 g/mol. The normalized spacial score (nSPS) is 28.1. The van der Waals surface area contributed by atoms with Crippen molar-refractivity contribution in [2.45, 2.75) is 31.1 Å². The predicted octanol–water partition coefficient (Wildman–Crippen LogP) is 4.02. The van der Waals surface area contributed by atoms with Crippen molar-refractivity contribution < 1.29 is 17.9 Å². The van der Waals surface area contributed by atoms with Gasteiger partial charge >= 0.3 is 6.18 Å². The average molecular weight is 443 g/mol. The molecule has 0 bridgehead atoms. The highest BCUT2D eigenvalue weighted by atomic mass is 19.4. The van der Waals surface area contributed by atoms with Crippen LogP contribution in [-0.4, -0.2) is 52.2 Å². The van der Waals surface area contributed by atoms with Crippen LogP contribution in [0, 0.1) is 11.8 Å². The monoisotopic (exact) mass is 443 g/mol. The average Bonchev–Trinajstić information content (AvgIpc) is 3.48. The number of H-pyrrole nitrogens is 1. The van der Waals surface area contributed by atoms with Crippen LogP contribution in [0.1, 0.15) is 29.3 Å². The molecule has 6 nitrogen and oxygen atoms in total. The maximum atomic E-state index is 13.3. The minimum Gasteiger partial charge on any atom is -0.381 e. The van der Waals surface area contributed by atoms with E-state index in [1.165, 1.54) is 17.5 Å². The highest BCUT2D eigenvalue weighted by Crippen LogP contribution is 2.41. The van der Waals surface area contributed by atoms with E-state index < -0.39 is 11.9 Å². The third kappa shape index (κ3) is 3.34. The van der Waals surface area contributed by atoms with Crippen molar-refractivity contribution in [2.24, 2.45) is 11.8 Å². The van der Waals surface area contributed by atoms with Crippen LogP contribution in [-0.2, 0) is 17.3 Å². The van der Waals surface area contributed by atoms with Gasteiger partial charge in [0.1, 0.15) is 23.5 Å². The van der Waals surface area contributed by atoms with Crippen LogP contribution in [0.4, 0.5) is 19.0 Å². The largest absolute Gasteiger partial charge is 0.431 e. The van der Waals surface area contributed by atoms with Crippen molar-refractivity contribution in [3.63, 3.8) is 0 Å². The van der Waals surface area contributed by atoms with Crippen LogP contribution in [0.2, 0.25) is 0 Å². The van der Waals surface area contributed by atoms with E-state index in [0.717, 1.165) is 45.2 Å². The molecule has 2 fully saturated rings. The topological polar surface area (TPSA) is 66.1 Å². The summed E-state index contributed by atoms with van der Waals surface area (Å²) in [5, 5.41) is 3.88. The number of aromatic amines is 1. The molecule has 1 unspecified atom stereocenters. The van der Waals surface area contributed by atoms with Gasteiger partial charge in [0.15, 0.2) is 0 Å². The smallest absolute Gasteiger partial charge is 0.381 e. The van der Waals surface area contributed by atoms with E-state index in [0.29, 0.717) is 23.0 Å². The number of aryl methyl sites for hydroxylation is 1. The van der Waals surface area contributed by atoms with E-state index in [9.17, 15) is 13.2 Å². The Hall–Kier alpha value is -2.65. The third-order valence-corrected chi connectivity index (χ3v) is 7.25. The van der Waals surface area contributed by atoms with Crippen molar-refractivity contribution in [3.05, 3.63) is 53.5 Å². The fourth-order valence-corrected chi connectivity index (χ4v) is 5.66. The zero-order chi connectivity index (χ0) is 21.9. The minimum atomic E-state index is -4.46. The van der Waals surface area contributed by atoms with E-state index >= 15 is 0 Å². The SMILES string of the molecule is FC(F)(F)c1cc2c(N[C@H]3c4ccccc4CC[C@@H]3N3CC4COC[C@H]4C3)ncnc2[nH]1. The lowest BCUT2D eigenvalue weighted by Gasteiger charge is -2.40. The highest BCUT2D eigenvalue weighted by Gasteiger charge is 2.43. The van der Waals surface area contributed by atoms with Gasteiger partial charge in [-0.15, -0.1) is 0 Å². The summed E-state index contributed by atoms with van der Waals surface area (Å²) in [6, 6.07) is 9.59. The molecule has 0 amide bonds. The molecule has 3 aliphatic rings. The molecule has 32 heavy (non-hydrogen) atoms. The Bertz CT molecular complexity index is 1130. The molecule has 1 aliphatic carbocycles. The van der Waals surface area contributed by atoms with E-state index in [1.54, 1.807) is 0 Å². The molecule has 1 aromatic carbocycles. The second-order valence-corrected chi connectivity index (χ2v) is 9.10. The Labute approximate surface area is 183 Å². The van der Waals surface area contributed by atoms with Gasteiger partial charge in [0.25, 0.3) is 0 Å². The van der Waals surface area contributed by atoms with Crippen molar-refractivity contribution in [1.29, 1.82) is 0 Å². The number of alkyl halides is 3. The van der Waals surface area contributed by atoms with E-state index in [4.69, 9.17) is 4.74 Å². The summed E-state index contributed by atoms with van der Waals surface area (Å²) in [7, 11) is 0. The first kappa shape index (κ1) is 20.0. The van der Waals surface area contributed by atoms with Gasteiger partial charge < -0.3 is 15.0 Å². The number of nitrogens with one attached hydrogen (secondary N) is 2. The fourth-order valence-electron chi connectivity index (χ4n) is 5.66. The number of fused-ring (bicyclic) bond motifs is 3. The van der Waals surface area contributed by atoms with Crippen molar-refractivity contribution in [2.75, 3.05) is 31.6 Å². The third-order valence-electron chi connectivity index (χ3n) is 7.25. The van der Waals surface area contributed by atoms with Gasteiger partial charge in [0.2, 0.25) is 0 Å². The number of aromatic nitrogens is 3. The predicted molar refractivity (Wildman–Crippen MR) is 113 cm³/mol. The van der Waals surface area contributed by atoms with Crippen LogP contribution in [0.25, 0.3) is 11.0 Å². The Kier molecular flexibility index (Phi) is 4.65. The van der Waals surface area contributed by atoms with Gasteiger partial charge in [-0.25, -0.2) is 9.97 Å². The quantitative estimate of drug-likeness (QED) is 0.640. The van der Waals surface area contributed by atoms with Crippen LogP contribution >= 0.6 is 0 Å². The minimum absolute atomic E-state index is 0.0676. The number of benzene rings is 1. The number of nitrogens with zero attached hydrogens (tertiary/aromatic N) is 3. The van der Waals surface area contributed by atoms with Crippen molar-refractivity contribution >= 4 is 16.9 Å². The van der Waals surface area contributed by atoms with Crippen LogP contribution < -0.4 is 5.32 Å². The van der Waals surface area contributed by atoms with Gasteiger partial charge in [-0.3, -0.25) is 4.90 Å². The molecule has 2 aromatic heterocycles. The lowest BCUT2D eigenvalue weighted by atomic mass is 9.83. The zero-order valence-electron chi connectivity index (χ0n) is 17.4. The van der Waals surface area contributed by atoms with Crippen molar-refractivity contribution in [3.8, 4) is 0 Å². The molecule has 2 N–H and O–H groups in total. The maximum Gasteiger partial charge on any atom is 0.431 e. The highest BCUT2D eigenvalue weighted by molar-refractivity contribution is 5.88. The number of ether oxygens (including phenoxy) is 1. The molecule has 4 heterocycles. The zero-order valence-corrected chi connectivity index (χ0v) is 17.4. The summed E-state index contributed by atoms with van der Waals surface area (Å²) in [6.45, 7) is 3.63. The second kappa shape index (κ2) is 7.45. The van der Waals surface area contributed by atoms with E-state index in [2.05, 4.69) is 37.3 Å². The van der Waals surface area contributed by atoms with Gasteiger partial charge in [0, 0.05) is 31.0 Å². The molecule has 0 spiro atoms. The molecule has 4 atom stereocenters. The molecule has 2 aliphatic heterocycles. The number of hydrogen-bond donors (Lipinski definition) is 2. The van der Waals surface area contributed by atoms with E-state index in [-0.39, 0.29) is 17.7 Å². The Morgan fingerprint density at radius 3 is 2.66 bits per heavy atom. The summed E-state index contributed by atoms with van der Waals surface area (Å²) in [4.78, 5) is 13.3. The Morgan fingerprint density at radius 1 is 1.09 bits per heavy atom. The standard InChI is InChI=1S/C23H24F3N5O/c24-23(25,26)19-7-17-21(29-19)27-12-28-22(17)30-20-16-4-2-1-3-13(16)5-6-18(20)31-8-14-10-32-11-15(14)9-31/h1-4,7,12,14-15,18,20H,5-6,8-11H2,(H2,27,28,29,30)/t14-,15?,18+,20+/m1/s1. The lowest BCUT2D eigenvalue weighted by molar-refractivity contribution is -0.140. The summed E-state index contributed by atoms with van der Waals surface area (Å²) < 4.78 is 45.5. The molecule has 0 saturated carbocycles. The number of anilines is 1. The first-order valence-corrected chi connectivity index (χ1v) is 11.0. The van der Waals surface area contributed by atoms with Gasteiger partial charge in [-0.1, -0.05) is 24.3 Å². The van der Waals surface area contributed by atoms with E-state index in [1.807, 2.05) is 12.1 Å². The summed E-state index contributed by atoms with van der Waals surface area (Å²) in [5.74, 6) is 1.56. The molecule has 2 saturated heterocycles. The first-order valence-electron chi connectivity index (χ1n) is 11.0. The van der Waals surface area contributed by atoms with Crippen molar-refractivity contribution in [1.82, 2.24) is 19.9 Å². The maximum absolute atomic E-state index is 13.3. The second-order valence-electron chi connectivity index (χ2n) is 9.10. The van der Waals surface area contributed by atoms with Crippen LogP contribution in [0.3, 0.4) is 0 Å².